The van der Waals surface area contributed by atoms with Crippen LogP contribution in [0.2, 0.25) is 0 Å². The minimum atomic E-state index is -3.72. The van der Waals surface area contributed by atoms with Crippen LogP contribution in [0.15, 0.2) is 23.1 Å². The lowest BCUT2D eigenvalue weighted by Crippen LogP contribution is -2.29. The van der Waals surface area contributed by atoms with E-state index in [-0.39, 0.29) is 16.5 Å². The Hall–Kier alpha value is -1.47. The summed E-state index contributed by atoms with van der Waals surface area (Å²) in [5.74, 6) is 0.287. The molecule has 6 nitrogen and oxygen atoms in total. The molecule has 7 heteroatoms. The molecule has 1 N–H and O–H groups in total. The van der Waals surface area contributed by atoms with E-state index in [1.54, 1.807) is 6.92 Å². The molecule has 0 bridgehead atoms. The fraction of sp³-hybridized carbons (Fsp3) is 0.600. The summed E-state index contributed by atoms with van der Waals surface area (Å²) in [6, 6.07) is 3.98. The first-order valence-corrected chi connectivity index (χ1v) is 9.04. The van der Waals surface area contributed by atoms with Gasteiger partial charge in [0.1, 0.15) is 0 Å². The van der Waals surface area contributed by atoms with Crippen LogP contribution in [-0.2, 0) is 10.0 Å². The largest absolute Gasteiger partial charge is 0.273 e. The number of nitrogens with zero attached hydrogens (tertiary/aromatic N) is 1. The van der Waals surface area contributed by atoms with E-state index in [1.807, 2.05) is 6.92 Å². The molecule has 0 radical (unpaired) electrons. The molecule has 1 atom stereocenters. The molecule has 1 aromatic rings. The molecule has 1 rings (SSSR count). The Bertz CT molecular complexity index is 614. The first-order chi connectivity index (χ1) is 10.3. The second kappa shape index (κ2) is 8.24. The van der Waals surface area contributed by atoms with Crippen molar-refractivity contribution in [1.82, 2.24) is 4.72 Å². The number of hydrogen-bond donors (Lipinski definition) is 1. The van der Waals surface area contributed by atoms with Crippen molar-refractivity contribution in [3.63, 3.8) is 0 Å². The molecule has 0 aromatic heterocycles. The number of hydrogen-bond acceptors (Lipinski definition) is 4. The number of unbranched alkanes of at least 4 members (excludes halogenated alkanes) is 1. The summed E-state index contributed by atoms with van der Waals surface area (Å²) in [7, 11) is -3.72. The van der Waals surface area contributed by atoms with Gasteiger partial charge in [-0.2, -0.15) is 0 Å². The highest BCUT2D eigenvalue weighted by atomic mass is 32.2. The van der Waals surface area contributed by atoms with Gasteiger partial charge in [-0.25, -0.2) is 13.1 Å². The molecule has 0 aliphatic rings. The SMILES string of the molecule is CCCC[C@H](CC)CNS(=O)(=O)c1ccc(C)c([N+](=O)[O-])c1. The Morgan fingerprint density at radius 2 is 2.00 bits per heavy atom. The summed E-state index contributed by atoms with van der Waals surface area (Å²) in [5.41, 5.74) is 0.263. The summed E-state index contributed by atoms with van der Waals surface area (Å²) in [5, 5.41) is 10.9. The molecule has 0 aliphatic heterocycles. The minimum absolute atomic E-state index is 0.0601. The van der Waals surface area contributed by atoms with Crippen LogP contribution in [0.5, 0.6) is 0 Å². The quantitative estimate of drug-likeness (QED) is 0.556. The van der Waals surface area contributed by atoms with Crippen molar-refractivity contribution in [3.05, 3.63) is 33.9 Å². The predicted octanol–water partition coefficient (Wildman–Crippen LogP) is 3.40. The minimum Gasteiger partial charge on any atom is -0.258 e. The van der Waals surface area contributed by atoms with E-state index in [1.165, 1.54) is 12.1 Å². The van der Waals surface area contributed by atoms with Gasteiger partial charge in [0, 0.05) is 18.2 Å². The number of nitro benzene ring substituents is 1. The molecule has 0 unspecified atom stereocenters. The number of nitrogens with one attached hydrogen (secondary N) is 1. The first kappa shape index (κ1) is 18.6. The van der Waals surface area contributed by atoms with Crippen molar-refractivity contribution in [1.29, 1.82) is 0 Å². The highest BCUT2D eigenvalue weighted by Gasteiger charge is 2.20. The maximum absolute atomic E-state index is 12.3. The molecule has 0 saturated carbocycles. The van der Waals surface area contributed by atoms with Crippen LogP contribution < -0.4 is 4.72 Å². The maximum atomic E-state index is 12.3. The van der Waals surface area contributed by atoms with Crippen LogP contribution in [0.3, 0.4) is 0 Å². The van der Waals surface area contributed by atoms with Gasteiger partial charge in [0.05, 0.1) is 9.82 Å². The fourth-order valence-electron chi connectivity index (χ4n) is 2.21. The third kappa shape index (κ3) is 5.06. The highest BCUT2D eigenvalue weighted by molar-refractivity contribution is 7.89. The molecular weight excluding hydrogens is 304 g/mol. The predicted molar refractivity (Wildman–Crippen MR) is 86.3 cm³/mol. The van der Waals surface area contributed by atoms with E-state index in [0.29, 0.717) is 12.1 Å². The van der Waals surface area contributed by atoms with E-state index in [2.05, 4.69) is 11.6 Å². The average molecular weight is 328 g/mol. The highest BCUT2D eigenvalue weighted by Crippen LogP contribution is 2.22. The lowest BCUT2D eigenvalue weighted by atomic mass is 10.00. The van der Waals surface area contributed by atoms with Crippen LogP contribution in [-0.4, -0.2) is 19.9 Å². The van der Waals surface area contributed by atoms with E-state index in [4.69, 9.17) is 0 Å². The Kier molecular flexibility index (Phi) is 6.96. The van der Waals surface area contributed by atoms with Gasteiger partial charge in [-0.1, -0.05) is 39.2 Å². The number of sulfonamides is 1. The first-order valence-electron chi connectivity index (χ1n) is 7.56. The normalized spacial score (nSPS) is 13.0. The topological polar surface area (TPSA) is 89.3 Å². The van der Waals surface area contributed by atoms with E-state index >= 15 is 0 Å². The summed E-state index contributed by atoms with van der Waals surface area (Å²) in [4.78, 5) is 10.3. The van der Waals surface area contributed by atoms with Gasteiger partial charge in [0.15, 0.2) is 0 Å². The summed E-state index contributed by atoms with van der Waals surface area (Å²) in [6.45, 7) is 6.08. The molecule has 0 heterocycles. The standard InChI is InChI=1S/C15H24N2O4S/c1-4-6-7-13(5-2)11-16-22(20,21)14-9-8-12(3)15(10-14)17(18)19/h8-10,13,16H,4-7,11H2,1-3H3/t13-/m0/s1. The van der Waals surface area contributed by atoms with Gasteiger partial charge < -0.3 is 0 Å². The van der Waals surface area contributed by atoms with Crippen molar-refractivity contribution in [2.75, 3.05) is 6.54 Å². The number of nitro groups is 1. The molecule has 22 heavy (non-hydrogen) atoms. The monoisotopic (exact) mass is 328 g/mol. The van der Waals surface area contributed by atoms with Crippen molar-refractivity contribution >= 4 is 15.7 Å². The third-order valence-corrected chi connectivity index (χ3v) is 5.21. The lowest BCUT2D eigenvalue weighted by molar-refractivity contribution is -0.385. The van der Waals surface area contributed by atoms with Crippen molar-refractivity contribution < 1.29 is 13.3 Å². The second-order valence-electron chi connectivity index (χ2n) is 5.47. The average Bonchev–Trinajstić information content (AvgIpc) is 2.47. The van der Waals surface area contributed by atoms with Gasteiger partial charge >= 0.3 is 0 Å². The molecule has 0 saturated heterocycles. The Morgan fingerprint density at radius 1 is 1.32 bits per heavy atom. The summed E-state index contributed by atoms with van der Waals surface area (Å²) >= 11 is 0. The summed E-state index contributed by atoms with van der Waals surface area (Å²) in [6.07, 6.45) is 4.02. The van der Waals surface area contributed by atoms with E-state index in [0.717, 1.165) is 31.7 Å². The van der Waals surface area contributed by atoms with Crippen molar-refractivity contribution in [2.24, 2.45) is 5.92 Å². The summed E-state index contributed by atoms with van der Waals surface area (Å²) < 4.78 is 27.1. The zero-order valence-electron chi connectivity index (χ0n) is 13.3. The van der Waals surface area contributed by atoms with Crippen molar-refractivity contribution in [3.8, 4) is 0 Å². The Balaban J connectivity index is 2.86. The van der Waals surface area contributed by atoms with Gasteiger partial charge in [0.2, 0.25) is 10.0 Å². The zero-order valence-corrected chi connectivity index (χ0v) is 14.1. The van der Waals surface area contributed by atoms with Gasteiger partial charge in [-0.3, -0.25) is 10.1 Å². The van der Waals surface area contributed by atoms with E-state index < -0.39 is 14.9 Å². The number of benzene rings is 1. The molecule has 0 aliphatic carbocycles. The maximum Gasteiger partial charge on any atom is 0.273 e. The van der Waals surface area contributed by atoms with Gasteiger partial charge in [0.25, 0.3) is 5.69 Å². The van der Waals surface area contributed by atoms with Crippen LogP contribution >= 0.6 is 0 Å². The van der Waals surface area contributed by atoms with Crippen molar-refractivity contribution in [2.45, 2.75) is 51.3 Å². The second-order valence-corrected chi connectivity index (χ2v) is 7.24. The van der Waals surface area contributed by atoms with Crippen LogP contribution in [0.1, 0.15) is 45.1 Å². The van der Waals surface area contributed by atoms with Gasteiger partial charge in [-0.05, 0) is 25.3 Å². The number of rotatable bonds is 9. The van der Waals surface area contributed by atoms with E-state index in [9.17, 15) is 18.5 Å². The Labute approximate surface area is 132 Å². The number of aryl methyl sites for hydroxylation is 1. The molecule has 124 valence electrons. The molecule has 1 aromatic carbocycles. The fourth-order valence-corrected chi connectivity index (χ4v) is 3.34. The molecule has 0 fully saturated rings. The molecule has 0 spiro atoms. The molecular formula is C15H24N2O4S. The van der Waals surface area contributed by atoms with Gasteiger partial charge in [-0.15, -0.1) is 0 Å². The van der Waals surface area contributed by atoms with Crippen LogP contribution in [0.4, 0.5) is 5.69 Å². The smallest absolute Gasteiger partial charge is 0.258 e. The lowest BCUT2D eigenvalue weighted by Gasteiger charge is -2.15. The molecule has 0 amide bonds. The zero-order chi connectivity index (χ0) is 16.8. The third-order valence-electron chi connectivity index (χ3n) is 3.79. The van der Waals surface area contributed by atoms with Crippen LogP contribution in [0, 0.1) is 23.0 Å². The van der Waals surface area contributed by atoms with Crippen LogP contribution in [0.25, 0.3) is 0 Å². The Morgan fingerprint density at radius 3 is 2.55 bits per heavy atom.